The lowest BCUT2D eigenvalue weighted by atomic mass is 10.1. The van der Waals surface area contributed by atoms with Crippen LogP contribution in [0.2, 0.25) is 0 Å². The highest BCUT2D eigenvalue weighted by atomic mass is 127. The van der Waals surface area contributed by atoms with Crippen molar-refractivity contribution in [2.24, 2.45) is 0 Å². The van der Waals surface area contributed by atoms with Gasteiger partial charge in [0.25, 0.3) is 0 Å². The number of aromatic amines is 2. The molecular weight excluding hydrogens is 498 g/mol. The monoisotopic (exact) mass is 508 g/mol. The third kappa shape index (κ3) is 1.83. The predicted molar refractivity (Wildman–Crippen MR) is 111 cm³/mol. The van der Waals surface area contributed by atoms with E-state index in [0.717, 1.165) is 0 Å². The van der Waals surface area contributed by atoms with Crippen LogP contribution in [0.15, 0.2) is 48.5 Å². The standard InChI is InChI=1S/C18H10I2N2/c19-9-1-3-15-11(5-9)13-7-18-14(8-17(13)21-15)12-6-10(20)2-4-16(12)22-18/h1-8,21-22H. The first kappa shape index (κ1) is 13.2. The number of H-pyrrole nitrogens is 2. The average molecular weight is 508 g/mol. The number of rotatable bonds is 0. The Balaban J connectivity index is 1.99. The maximum atomic E-state index is 3.55. The minimum atomic E-state index is 1.20. The lowest BCUT2D eigenvalue weighted by Gasteiger charge is -1.95. The summed E-state index contributed by atoms with van der Waals surface area (Å²) in [6, 6.07) is 17.6. The molecule has 22 heavy (non-hydrogen) atoms. The summed E-state index contributed by atoms with van der Waals surface area (Å²) in [7, 11) is 0. The lowest BCUT2D eigenvalue weighted by Crippen LogP contribution is -1.72. The Labute approximate surface area is 153 Å². The molecule has 2 aromatic heterocycles. The van der Waals surface area contributed by atoms with Gasteiger partial charge in [-0.2, -0.15) is 0 Å². The Hall–Kier alpha value is -1.28. The Kier molecular flexibility index (Phi) is 2.76. The molecule has 0 saturated heterocycles. The molecule has 5 rings (SSSR count). The highest BCUT2D eigenvalue weighted by Gasteiger charge is 2.10. The second-order valence-electron chi connectivity index (χ2n) is 5.57. The highest BCUT2D eigenvalue weighted by Crippen LogP contribution is 2.34. The van der Waals surface area contributed by atoms with Gasteiger partial charge in [-0.25, -0.2) is 0 Å². The van der Waals surface area contributed by atoms with E-state index >= 15 is 0 Å². The molecule has 0 aliphatic rings. The molecule has 106 valence electrons. The van der Waals surface area contributed by atoms with Gasteiger partial charge in [0, 0.05) is 50.8 Å². The second kappa shape index (κ2) is 4.61. The SMILES string of the molecule is Ic1ccc2[nH]c3cc4c(cc3c2c1)[nH]c1ccc(I)cc14. The fourth-order valence-corrected chi connectivity index (χ4v) is 4.22. The maximum Gasteiger partial charge on any atom is 0.0472 e. The smallest absolute Gasteiger partial charge is 0.0472 e. The van der Waals surface area contributed by atoms with Crippen LogP contribution >= 0.6 is 45.2 Å². The number of aromatic nitrogens is 2. The molecule has 5 aromatic rings. The van der Waals surface area contributed by atoms with Crippen LogP contribution in [0.4, 0.5) is 0 Å². The minimum absolute atomic E-state index is 1.20. The molecule has 0 aliphatic carbocycles. The molecule has 0 aliphatic heterocycles. The van der Waals surface area contributed by atoms with Crippen molar-refractivity contribution in [1.29, 1.82) is 0 Å². The Bertz CT molecular complexity index is 1100. The largest absolute Gasteiger partial charge is 0.354 e. The summed E-state index contributed by atoms with van der Waals surface area (Å²) in [6.45, 7) is 0. The molecule has 0 radical (unpaired) electrons. The number of hydrogen-bond donors (Lipinski definition) is 2. The van der Waals surface area contributed by atoms with Gasteiger partial charge in [-0.05, 0) is 93.7 Å². The summed E-state index contributed by atoms with van der Waals surface area (Å²) in [5.74, 6) is 0. The van der Waals surface area contributed by atoms with E-state index < -0.39 is 0 Å². The van der Waals surface area contributed by atoms with Crippen molar-refractivity contribution >= 4 is 88.8 Å². The lowest BCUT2D eigenvalue weighted by molar-refractivity contribution is 1.54. The van der Waals surface area contributed by atoms with Crippen LogP contribution < -0.4 is 0 Å². The van der Waals surface area contributed by atoms with E-state index in [1.807, 2.05) is 0 Å². The van der Waals surface area contributed by atoms with Crippen molar-refractivity contribution in [3.05, 3.63) is 55.7 Å². The Morgan fingerprint density at radius 1 is 0.500 bits per heavy atom. The van der Waals surface area contributed by atoms with Crippen LogP contribution in [0.25, 0.3) is 43.6 Å². The van der Waals surface area contributed by atoms with Gasteiger partial charge in [0.2, 0.25) is 0 Å². The summed E-state index contributed by atoms with van der Waals surface area (Å²) in [5.41, 5.74) is 4.79. The van der Waals surface area contributed by atoms with E-state index in [4.69, 9.17) is 0 Å². The molecule has 0 fully saturated rings. The zero-order valence-corrected chi connectivity index (χ0v) is 15.7. The van der Waals surface area contributed by atoms with Crippen LogP contribution in [0.3, 0.4) is 0 Å². The normalized spacial score (nSPS) is 12.1. The van der Waals surface area contributed by atoms with Crippen molar-refractivity contribution < 1.29 is 0 Å². The van der Waals surface area contributed by atoms with E-state index in [2.05, 4.69) is 104 Å². The van der Waals surface area contributed by atoms with Crippen molar-refractivity contribution in [2.45, 2.75) is 0 Å². The topological polar surface area (TPSA) is 31.6 Å². The van der Waals surface area contributed by atoms with E-state index in [1.165, 1.54) is 50.8 Å². The summed E-state index contributed by atoms with van der Waals surface area (Å²) in [4.78, 5) is 7.09. The van der Waals surface area contributed by atoms with Gasteiger partial charge in [0.05, 0.1) is 0 Å². The van der Waals surface area contributed by atoms with Gasteiger partial charge >= 0.3 is 0 Å². The first-order chi connectivity index (χ1) is 10.7. The number of nitrogens with one attached hydrogen (secondary N) is 2. The third-order valence-corrected chi connectivity index (χ3v) is 5.58. The minimum Gasteiger partial charge on any atom is -0.354 e. The average Bonchev–Trinajstić information content (AvgIpc) is 3.02. The van der Waals surface area contributed by atoms with Crippen LogP contribution in [0.5, 0.6) is 0 Å². The second-order valence-corrected chi connectivity index (χ2v) is 8.06. The zero-order valence-electron chi connectivity index (χ0n) is 11.4. The van der Waals surface area contributed by atoms with Crippen LogP contribution in [0.1, 0.15) is 0 Å². The molecule has 0 unspecified atom stereocenters. The first-order valence-corrected chi connectivity index (χ1v) is 9.17. The van der Waals surface area contributed by atoms with Crippen molar-refractivity contribution in [2.75, 3.05) is 0 Å². The van der Waals surface area contributed by atoms with Crippen molar-refractivity contribution in [1.82, 2.24) is 9.97 Å². The molecule has 2 N–H and O–H groups in total. The first-order valence-electron chi connectivity index (χ1n) is 7.01. The molecule has 4 heteroatoms. The molecule has 2 nitrogen and oxygen atoms in total. The predicted octanol–water partition coefficient (Wildman–Crippen LogP) is 6.16. The van der Waals surface area contributed by atoms with Gasteiger partial charge in [0.1, 0.15) is 0 Å². The van der Waals surface area contributed by atoms with Gasteiger partial charge < -0.3 is 9.97 Å². The maximum absolute atomic E-state index is 3.55. The van der Waals surface area contributed by atoms with Crippen LogP contribution in [-0.4, -0.2) is 9.97 Å². The van der Waals surface area contributed by atoms with Crippen LogP contribution in [-0.2, 0) is 0 Å². The molecule has 0 spiro atoms. The van der Waals surface area contributed by atoms with Crippen LogP contribution in [0, 0.1) is 7.14 Å². The number of hydrogen-bond acceptors (Lipinski definition) is 0. The van der Waals surface area contributed by atoms with Crippen molar-refractivity contribution in [3.63, 3.8) is 0 Å². The molecule has 3 aromatic carbocycles. The molecule has 0 atom stereocenters. The third-order valence-electron chi connectivity index (χ3n) is 4.24. The van der Waals surface area contributed by atoms with Gasteiger partial charge in [-0.3, -0.25) is 0 Å². The fourth-order valence-electron chi connectivity index (χ4n) is 3.24. The number of benzene rings is 3. The molecule has 0 saturated carbocycles. The molecule has 0 amide bonds. The zero-order chi connectivity index (χ0) is 14.8. The Morgan fingerprint density at radius 3 is 1.36 bits per heavy atom. The van der Waals surface area contributed by atoms with Gasteiger partial charge in [0.15, 0.2) is 0 Å². The number of halogens is 2. The summed E-state index contributed by atoms with van der Waals surface area (Å²) in [5, 5.41) is 5.14. The number of fused-ring (bicyclic) bond motifs is 6. The van der Waals surface area contributed by atoms with Gasteiger partial charge in [-0.1, -0.05) is 0 Å². The Morgan fingerprint density at radius 2 is 0.909 bits per heavy atom. The molecule has 2 heterocycles. The van der Waals surface area contributed by atoms with E-state index in [-0.39, 0.29) is 0 Å². The van der Waals surface area contributed by atoms with Gasteiger partial charge in [-0.15, -0.1) is 0 Å². The van der Waals surface area contributed by atoms with E-state index in [1.54, 1.807) is 0 Å². The summed E-state index contributed by atoms with van der Waals surface area (Å²) in [6.07, 6.45) is 0. The molecular formula is C18H10I2N2. The summed E-state index contributed by atoms with van der Waals surface area (Å²) < 4.78 is 2.52. The summed E-state index contributed by atoms with van der Waals surface area (Å²) >= 11 is 4.74. The van der Waals surface area contributed by atoms with E-state index in [0.29, 0.717) is 0 Å². The highest BCUT2D eigenvalue weighted by molar-refractivity contribution is 14.1. The fraction of sp³-hybridized carbons (Fsp3) is 0. The van der Waals surface area contributed by atoms with Crippen molar-refractivity contribution in [3.8, 4) is 0 Å². The quantitative estimate of drug-likeness (QED) is 0.235. The van der Waals surface area contributed by atoms with E-state index in [9.17, 15) is 0 Å². The molecule has 0 bridgehead atoms.